The Hall–Kier alpha value is -2.33. The summed E-state index contributed by atoms with van der Waals surface area (Å²) in [5.74, 6) is 0.0786. The molecular formula is C22H22ClFN4O2S2. The molecule has 3 aromatic rings. The van der Waals surface area contributed by atoms with Gasteiger partial charge < -0.3 is 0 Å². The van der Waals surface area contributed by atoms with Crippen LogP contribution in [0.2, 0.25) is 5.02 Å². The van der Waals surface area contributed by atoms with Gasteiger partial charge in [0.25, 0.3) is 0 Å². The number of piperidine rings is 1. The molecule has 6 nitrogen and oxygen atoms in total. The van der Waals surface area contributed by atoms with E-state index in [0.29, 0.717) is 35.4 Å². The van der Waals surface area contributed by atoms with Crippen molar-refractivity contribution < 1.29 is 12.8 Å². The lowest BCUT2D eigenvalue weighted by Gasteiger charge is -2.29. The summed E-state index contributed by atoms with van der Waals surface area (Å²) >= 11 is 7.29. The number of benzene rings is 2. The summed E-state index contributed by atoms with van der Waals surface area (Å²) in [7, 11) is -3.54. The highest BCUT2D eigenvalue weighted by Crippen LogP contribution is 2.29. The maximum atomic E-state index is 13.8. The van der Waals surface area contributed by atoms with Crippen LogP contribution in [-0.2, 0) is 10.0 Å². The van der Waals surface area contributed by atoms with E-state index in [0.717, 1.165) is 12.8 Å². The molecule has 0 unspecified atom stereocenters. The van der Waals surface area contributed by atoms with Crippen LogP contribution >= 0.6 is 22.9 Å². The van der Waals surface area contributed by atoms with E-state index in [2.05, 4.69) is 22.4 Å². The maximum Gasteiger partial charge on any atom is 0.243 e. The van der Waals surface area contributed by atoms with E-state index in [1.165, 1.54) is 29.7 Å². The molecule has 1 saturated heterocycles. The van der Waals surface area contributed by atoms with Crippen LogP contribution < -0.4 is 5.43 Å². The van der Waals surface area contributed by atoms with E-state index >= 15 is 0 Å². The van der Waals surface area contributed by atoms with Crippen molar-refractivity contribution in [1.29, 1.82) is 0 Å². The smallest absolute Gasteiger partial charge is 0.243 e. The van der Waals surface area contributed by atoms with Crippen LogP contribution in [0.25, 0.3) is 11.3 Å². The minimum absolute atomic E-state index is 0.184. The first-order valence-corrected chi connectivity index (χ1v) is 12.8. The first kappa shape index (κ1) is 22.8. The number of thiazole rings is 1. The number of nitrogens with one attached hydrogen (secondary N) is 1. The highest BCUT2D eigenvalue weighted by Gasteiger charge is 2.28. The lowest BCUT2D eigenvalue weighted by molar-refractivity contribution is 0.288. The Morgan fingerprint density at radius 3 is 2.75 bits per heavy atom. The number of anilines is 1. The zero-order valence-electron chi connectivity index (χ0n) is 17.3. The standard InChI is InChI=1S/C22H22ClFN4O2S2/c1-15-8-10-28(11-9-15)32(29,30)17-5-2-4-16(12-17)21-14-31-22(26-21)27-25-13-18-19(23)6-3-7-20(18)24/h2-7,12-15H,8-11H2,1H3,(H,26,27)/b25-13+. The van der Waals surface area contributed by atoms with Crippen molar-refractivity contribution in [2.75, 3.05) is 18.5 Å². The molecule has 32 heavy (non-hydrogen) atoms. The van der Waals surface area contributed by atoms with Crippen molar-refractivity contribution in [1.82, 2.24) is 9.29 Å². The SMILES string of the molecule is CC1CCN(S(=O)(=O)c2cccc(-c3csc(N/N=C/c4c(F)cccc4Cl)n3)c2)CC1. The summed E-state index contributed by atoms with van der Waals surface area (Å²) < 4.78 is 41.5. The molecule has 1 N–H and O–H groups in total. The van der Waals surface area contributed by atoms with Gasteiger partial charge in [-0.25, -0.2) is 17.8 Å². The number of rotatable bonds is 6. The molecule has 4 rings (SSSR count). The van der Waals surface area contributed by atoms with Crippen LogP contribution in [-0.4, -0.2) is 37.0 Å². The van der Waals surface area contributed by atoms with Crippen LogP contribution in [0.3, 0.4) is 0 Å². The largest absolute Gasteiger partial charge is 0.253 e. The Bertz CT molecular complexity index is 1220. The normalized spacial score (nSPS) is 16.0. The Kier molecular flexibility index (Phi) is 6.90. The fourth-order valence-corrected chi connectivity index (χ4v) is 5.83. The minimum atomic E-state index is -3.54. The molecule has 168 valence electrons. The molecule has 2 heterocycles. The molecule has 0 aliphatic carbocycles. The number of hydrogen-bond donors (Lipinski definition) is 1. The molecule has 1 aromatic heterocycles. The fraction of sp³-hybridized carbons (Fsp3) is 0.273. The summed E-state index contributed by atoms with van der Waals surface area (Å²) in [6.07, 6.45) is 3.04. The summed E-state index contributed by atoms with van der Waals surface area (Å²) in [5, 5.41) is 6.57. The van der Waals surface area contributed by atoms with Crippen molar-refractivity contribution in [2.45, 2.75) is 24.7 Å². The number of hydrazone groups is 1. The first-order valence-electron chi connectivity index (χ1n) is 10.1. The van der Waals surface area contributed by atoms with E-state index in [4.69, 9.17) is 11.6 Å². The molecule has 1 aliphatic rings. The van der Waals surface area contributed by atoms with Gasteiger partial charge in [0.15, 0.2) is 0 Å². The van der Waals surface area contributed by atoms with Gasteiger partial charge in [0.2, 0.25) is 15.2 Å². The second-order valence-electron chi connectivity index (χ2n) is 7.66. The van der Waals surface area contributed by atoms with Crippen LogP contribution in [0.1, 0.15) is 25.3 Å². The van der Waals surface area contributed by atoms with E-state index in [1.807, 2.05) is 11.4 Å². The second kappa shape index (κ2) is 9.66. The third kappa shape index (κ3) is 5.01. The number of hydrogen-bond acceptors (Lipinski definition) is 6. The number of sulfonamides is 1. The van der Waals surface area contributed by atoms with Crippen molar-refractivity contribution in [3.63, 3.8) is 0 Å². The van der Waals surface area contributed by atoms with Gasteiger partial charge in [0, 0.05) is 29.6 Å². The van der Waals surface area contributed by atoms with Gasteiger partial charge in [-0.05, 0) is 43.0 Å². The van der Waals surface area contributed by atoms with Gasteiger partial charge >= 0.3 is 0 Å². The van der Waals surface area contributed by atoms with E-state index < -0.39 is 15.8 Å². The topological polar surface area (TPSA) is 74.7 Å². The van der Waals surface area contributed by atoms with Crippen molar-refractivity contribution in [3.05, 3.63) is 64.2 Å². The zero-order valence-corrected chi connectivity index (χ0v) is 19.7. The summed E-state index contributed by atoms with van der Waals surface area (Å²) in [5.41, 5.74) is 4.27. The molecular weight excluding hydrogens is 471 g/mol. The first-order chi connectivity index (χ1) is 15.3. The number of halogens is 2. The molecule has 0 spiro atoms. The van der Waals surface area contributed by atoms with Crippen molar-refractivity contribution in [2.24, 2.45) is 11.0 Å². The van der Waals surface area contributed by atoms with Gasteiger partial charge in [-0.2, -0.15) is 9.41 Å². The molecule has 1 aliphatic heterocycles. The van der Waals surface area contributed by atoms with E-state index in [-0.39, 0.29) is 15.5 Å². The molecule has 2 aromatic carbocycles. The Balaban J connectivity index is 1.49. The third-order valence-electron chi connectivity index (χ3n) is 5.37. The average Bonchev–Trinajstić information content (AvgIpc) is 3.25. The van der Waals surface area contributed by atoms with Crippen LogP contribution in [0.5, 0.6) is 0 Å². The van der Waals surface area contributed by atoms with E-state index in [9.17, 15) is 12.8 Å². The van der Waals surface area contributed by atoms with Crippen molar-refractivity contribution >= 4 is 44.3 Å². The molecule has 0 saturated carbocycles. The number of nitrogens with zero attached hydrogens (tertiary/aromatic N) is 3. The van der Waals surface area contributed by atoms with Crippen LogP contribution in [0.15, 0.2) is 57.8 Å². The van der Waals surface area contributed by atoms with Crippen LogP contribution in [0, 0.1) is 11.7 Å². The molecule has 10 heteroatoms. The average molecular weight is 493 g/mol. The third-order valence-corrected chi connectivity index (χ3v) is 8.34. The predicted molar refractivity (Wildman–Crippen MR) is 127 cm³/mol. The lowest BCUT2D eigenvalue weighted by Crippen LogP contribution is -2.37. The number of aromatic nitrogens is 1. The summed E-state index contributed by atoms with van der Waals surface area (Å²) in [6, 6.07) is 11.2. The van der Waals surface area contributed by atoms with Crippen molar-refractivity contribution in [3.8, 4) is 11.3 Å². The molecule has 0 atom stereocenters. The lowest BCUT2D eigenvalue weighted by atomic mass is 10.0. The Morgan fingerprint density at radius 2 is 2.00 bits per heavy atom. The highest BCUT2D eigenvalue weighted by atomic mass is 35.5. The zero-order chi connectivity index (χ0) is 22.7. The van der Waals surface area contributed by atoms with Gasteiger partial charge in [0.1, 0.15) is 5.82 Å². The molecule has 1 fully saturated rings. The summed E-state index contributed by atoms with van der Waals surface area (Å²) in [4.78, 5) is 4.72. The predicted octanol–water partition coefficient (Wildman–Crippen LogP) is 5.47. The Morgan fingerprint density at radius 1 is 1.25 bits per heavy atom. The highest BCUT2D eigenvalue weighted by molar-refractivity contribution is 7.89. The second-order valence-corrected chi connectivity index (χ2v) is 10.9. The summed E-state index contributed by atoms with van der Waals surface area (Å²) in [6.45, 7) is 3.23. The molecule has 0 radical (unpaired) electrons. The quantitative estimate of drug-likeness (QED) is 0.366. The maximum absolute atomic E-state index is 13.8. The molecule has 0 amide bonds. The van der Waals surface area contributed by atoms with E-state index in [1.54, 1.807) is 28.6 Å². The monoisotopic (exact) mass is 492 g/mol. The van der Waals surface area contributed by atoms with Gasteiger partial charge in [0.05, 0.1) is 21.8 Å². The molecule has 0 bridgehead atoms. The van der Waals surface area contributed by atoms with Crippen LogP contribution in [0.4, 0.5) is 9.52 Å². The van der Waals surface area contributed by atoms with Gasteiger partial charge in [-0.3, -0.25) is 5.43 Å². The van der Waals surface area contributed by atoms with Gasteiger partial charge in [-0.15, -0.1) is 11.3 Å². The minimum Gasteiger partial charge on any atom is -0.253 e. The van der Waals surface area contributed by atoms with Gasteiger partial charge in [-0.1, -0.05) is 36.7 Å². The Labute approximate surface area is 195 Å². The fourth-order valence-electron chi connectivity index (χ4n) is 3.43.